The first-order chi connectivity index (χ1) is 26.8. The molecule has 0 bridgehead atoms. The van der Waals surface area contributed by atoms with Crippen LogP contribution in [0.1, 0.15) is 0 Å². The minimum Gasteiger partial charge on any atom is -0.455 e. The summed E-state index contributed by atoms with van der Waals surface area (Å²) in [5.41, 5.74) is 8.98. The van der Waals surface area contributed by atoms with E-state index in [9.17, 15) is 0 Å². The molecule has 0 amide bonds. The summed E-state index contributed by atoms with van der Waals surface area (Å²) >= 11 is 1.83. The molecule has 5 heteroatoms. The lowest BCUT2D eigenvalue weighted by molar-refractivity contribution is 0.670. The lowest BCUT2D eigenvalue weighted by atomic mass is 9.94. The Hall–Kier alpha value is -6.95. The quantitative estimate of drug-likeness (QED) is 0.179. The summed E-state index contributed by atoms with van der Waals surface area (Å²) in [6, 6.07) is 61.3. The molecule has 0 atom stereocenters. The van der Waals surface area contributed by atoms with E-state index in [-0.39, 0.29) is 0 Å². The first-order valence-electron chi connectivity index (χ1n) is 18.0. The van der Waals surface area contributed by atoms with Crippen molar-refractivity contribution in [2.45, 2.75) is 0 Å². The molecule has 11 aromatic rings. The highest BCUT2D eigenvalue weighted by atomic mass is 32.1. The summed E-state index contributed by atoms with van der Waals surface area (Å²) in [7, 11) is 0. The van der Waals surface area contributed by atoms with E-state index in [0.29, 0.717) is 17.5 Å². The van der Waals surface area contributed by atoms with Crippen molar-refractivity contribution in [3.8, 4) is 56.4 Å². The second kappa shape index (κ2) is 12.3. The largest absolute Gasteiger partial charge is 0.455 e. The Kier molecular flexibility index (Phi) is 7.00. The number of furan rings is 1. The van der Waals surface area contributed by atoms with Crippen LogP contribution in [0.2, 0.25) is 0 Å². The molecule has 3 heterocycles. The smallest absolute Gasteiger partial charge is 0.164 e. The Bertz CT molecular complexity index is 3220. The van der Waals surface area contributed by atoms with Crippen molar-refractivity contribution >= 4 is 64.2 Å². The van der Waals surface area contributed by atoms with E-state index in [1.807, 2.05) is 47.7 Å². The summed E-state index contributed by atoms with van der Waals surface area (Å²) in [5, 5.41) is 6.97. The second-order valence-electron chi connectivity index (χ2n) is 13.5. The normalized spacial score (nSPS) is 11.7. The van der Waals surface area contributed by atoms with Crippen LogP contribution in [0.4, 0.5) is 0 Å². The fraction of sp³-hybridized carbons (Fsp3) is 0. The summed E-state index contributed by atoms with van der Waals surface area (Å²) in [6.45, 7) is 0. The van der Waals surface area contributed by atoms with Gasteiger partial charge in [-0.25, -0.2) is 15.0 Å². The van der Waals surface area contributed by atoms with E-state index in [4.69, 9.17) is 19.4 Å². The highest BCUT2D eigenvalue weighted by Gasteiger charge is 2.22. The van der Waals surface area contributed by atoms with E-state index < -0.39 is 0 Å². The van der Waals surface area contributed by atoms with Crippen molar-refractivity contribution in [1.82, 2.24) is 15.0 Å². The Labute approximate surface area is 314 Å². The summed E-state index contributed by atoms with van der Waals surface area (Å²) in [5.74, 6) is 1.86. The SMILES string of the molecule is c1ccc(-c2nc(-c3ccccc3-c3cccc4c3oc3ccccc34)nc(-c3cccc4sc5c(-c6ccccc6)c6ccccc6cc5c34)n2)cc1. The van der Waals surface area contributed by atoms with Gasteiger partial charge in [0.05, 0.1) is 0 Å². The van der Waals surface area contributed by atoms with E-state index in [1.165, 1.54) is 36.7 Å². The van der Waals surface area contributed by atoms with Crippen LogP contribution in [-0.4, -0.2) is 15.0 Å². The first-order valence-corrected chi connectivity index (χ1v) is 18.8. The molecule has 3 aromatic heterocycles. The molecule has 4 nitrogen and oxygen atoms in total. The fourth-order valence-electron chi connectivity index (χ4n) is 7.91. The number of fused-ring (bicyclic) bond motifs is 7. The number of hydrogen-bond donors (Lipinski definition) is 0. The molecule has 0 N–H and O–H groups in total. The van der Waals surface area contributed by atoms with Crippen molar-refractivity contribution in [2.24, 2.45) is 0 Å². The molecule has 54 heavy (non-hydrogen) atoms. The molecular formula is C49H29N3OS. The van der Waals surface area contributed by atoms with Gasteiger partial charge in [0.1, 0.15) is 11.2 Å². The van der Waals surface area contributed by atoms with Gasteiger partial charge in [-0.3, -0.25) is 0 Å². The van der Waals surface area contributed by atoms with Crippen LogP contribution < -0.4 is 0 Å². The maximum absolute atomic E-state index is 6.52. The predicted octanol–water partition coefficient (Wildman–Crippen LogP) is 13.6. The van der Waals surface area contributed by atoms with Crippen LogP contribution in [-0.2, 0) is 0 Å². The van der Waals surface area contributed by atoms with Gasteiger partial charge in [0.15, 0.2) is 17.5 Å². The molecule has 0 saturated carbocycles. The van der Waals surface area contributed by atoms with Crippen LogP contribution in [0, 0.1) is 0 Å². The van der Waals surface area contributed by atoms with Gasteiger partial charge in [-0.15, -0.1) is 11.3 Å². The molecule has 0 radical (unpaired) electrons. The molecule has 0 saturated heterocycles. The molecule has 0 aliphatic heterocycles. The Morgan fingerprint density at radius 2 is 1.00 bits per heavy atom. The molecule has 11 rings (SSSR count). The second-order valence-corrected chi connectivity index (χ2v) is 14.5. The van der Waals surface area contributed by atoms with Crippen molar-refractivity contribution in [3.63, 3.8) is 0 Å². The number of thiophene rings is 1. The fourth-order valence-corrected chi connectivity index (χ4v) is 9.20. The van der Waals surface area contributed by atoms with Crippen LogP contribution in [0.25, 0.3) is 109 Å². The zero-order valence-corrected chi connectivity index (χ0v) is 29.7. The zero-order valence-electron chi connectivity index (χ0n) is 28.9. The van der Waals surface area contributed by atoms with Gasteiger partial charge in [0.25, 0.3) is 0 Å². The Morgan fingerprint density at radius 3 is 1.83 bits per heavy atom. The van der Waals surface area contributed by atoms with Gasteiger partial charge in [-0.2, -0.15) is 0 Å². The number of benzene rings is 8. The van der Waals surface area contributed by atoms with Crippen molar-refractivity contribution < 1.29 is 4.42 Å². The molecule has 0 spiro atoms. The lowest BCUT2D eigenvalue weighted by Gasteiger charge is -2.13. The van der Waals surface area contributed by atoms with E-state index in [1.54, 1.807) is 0 Å². The topological polar surface area (TPSA) is 51.8 Å². The number of para-hydroxylation sites is 2. The molecule has 252 valence electrons. The average molecular weight is 708 g/mol. The summed E-state index contributed by atoms with van der Waals surface area (Å²) in [6.07, 6.45) is 0. The van der Waals surface area contributed by atoms with Crippen molar-refractivity contribution in [2.75, 3.05) is 0 Å². The number of nitrogens with zero attached hydrogens (tertiary/aromatic N) is 3. The van der Waals surface area contributed by atoms with E-state index in [2.05, 4.69) is 140 Å². The third kappa shape index (κ3) is 4.86. The van der Waals surface area contributed by atoms with Gasteiger partial charge in [0, 0.05) is 58.8 Å². The monoisotopic (exact) mass is 707 g/mol. The molecule has 0 aliphatic carbocycles. The third-order valence-corrected chi connectivity index (χ3v) is 11.5. The van der Waals surface area contributed by atoms with Gasteiger partial charge >= 0.3 is 0 Å². The molecule has 0 fully saturated rings. The molecule has 8 aromatic carbocycles. The Balaban J connectivity index is 1.18. The minimum atomic E-state index is 0.606. The first kappa shape index (κ1) is 30.7. The maximum atomic E-state index is 6.52. The molecule has 0 unspecified atom stereocenters. The summed E-state index contributed by atoms with van der Waals surface area (Å²) in [4.78, 5) is 15.7. The van der Waals surface area contributed by atoms with Crippen LogP contribution in [0.3, 0.4) is 0 Å². The van der Waals surface area contributed by atoms with E-state index in [0.717, 1.165) is 55.1 Å². The zero-order chi connectivity index (χ0) is 35.6. The standard InChI is InChI=1S/C49H29N3OS/c1-3-15-30(16-4-1)43-33-20-8-7-19-32(33)29-40-44-39(26-14-28-42(44)54-46(40)43)49-51-47(31-17-5-2-6-18-31)50-48(52-49)38-23-10-9-21-34(38)36-24-13-25-37-35-22-11-12-27-41(35)53-45(36)37/h1-29H. The van der Waals surface area contributed by atoms with Gasteiger partial charge in [-0.05, 0) is 40.1 Å². The van der Waals surface area contributed by atoms with E-state index >= 15 is 0 Å². The van der Waals surface area contributed by atoms with Crippen LogP contribution in [0.15, 0.2) is 180 Å². The van der Waals surface area contributed by atoms with Crippen LogP contribution >= 0.6 is 11.3 Å². The van der Waals surface area contributed by atoms with Crippen molar-refractivity contribution in [1.29, 1.82) is 0 Å². The average Bonchev–Trinajstić information content (AvgIpc) is 3.82. The predicted molar refractivity (Wildman–Crippen MR) is 225 cm³/mol. The number of hydrogen-bond acceptors (Lipinski definition) is 5. The lowest BCUT2D eigenvalue weighted by Crippen LogP contribution is -2.01. The number of aromatic nitrogens is 3. The van der Waals surface area contributed by atoms with Gasteiger partial charge in [0.2, 0.25) is 0 Å². The van der Waals surface area contributed by atoms with Crippen LogP contribution in [0.5, 0.6) is 0 Å². The summed E-state index contributed by atoms with van der Waals surface area (Å²) < 4.78 is 8.96. The highest BCUT2D eigenvalue weighted by Crippen LogP contribution is 2.47. The van der Waals surface area contributed by atoms with Crippen molar-refractivity contribution in [3.05, 3.63) is 176 Å². The number of rotatable bonds is 5. The van der Waals surface area contributed by atoms with Gasteiger partial charge in [-0.1, -0.05) is 158 Å². The maximum Gasteiger partial charge on any atom is 0.164 e. The molecular weight excluding hydrogens is 679 g/mol. The van der Waals surface area contributed by atoms with Gasteiger partial charge < -0.3 is 4.42 Å². The third-order valence-electron chi connectivity index (χ3n) is 10.3. The highest BCUT2D eigenvalue weighted by molar-refractivity contribution is 7.26. The minimum absolute atomic E-state index is 0.606. The Morgan fingerprint density at radius 1 is 0.407 bits per heavy atom. The molecule has 0 aliphatic rings.